The number of rotatable bonds is 1. The Kier molecular flexibility index (Phi) is 4.34. The van der Waals surface area contributed by atoms with Crippen LogP contribution < -0.4 is 0 Å². The van der Waals surface area contributed by atoms with E-state index in [4.69, 9.17) is 5.41 Å². The molecule has 25 heavy (non-hydrogen) atoms. The van der Waals surface area contributed by atoms with Gasteiger partial charge >= 0.3 is 0 Å². The number of hydrogen-bond acceptors (Lipinski definition) is 5. The summed E-state index contributed by atoms with van der Waals surface area (Å²) in [7, 11) is 0. The molecule has 3 aromatic rings. The van der Waals surface area contributed by atoms with E-state index in [2.05, 4.69) is 77.7 Å². The molecule has 1 aliphatic carbocycles. The van der Waals surface area contributed by atoms with Gasteiger partial charge in [0.25, 0.3) is 0 Å². The van der Waals surface area contributed by atoms with Crippen molar-refractivity contribution >= 4 is 95.7 Å². The second kappa shape index (κ2) is 6.26. The SMILES string of the molecule is CCc1c2c(c3c(cc(Br)c4nsnc43)c1C)C(=N[SH2+])C(=N)C(Br)=C2. The number of nitrogens with one attached hydrogen (secondary N) is 1. The maximum Gasteiger partial charge on any atom is 0.148 e. The minimum absolute atomic E-state index is 0.356. The van der Waals surface area contributed by atoms with Crippen molar-refractivity contribution in [2.45, 2.75) is 20.3 Å². The minimum Gasteiger partial charge on any atom is -0.297 e. The van der Waals surface area contributed by atoms with E-state index < -0.39 is 0 Å². The second-order valence-corrected chi connectivity index (χ2v) is 8.28. The van der Waals surface area contributed by atoms with Gasteiger partial charge in [0.15, 0.2) is 0 Å². The molecule has 126 valence electrons. The zero-order valence-corrected chi connectivity index (χ0v) is 18.4. The Labute approximate surface area is 171 Å². The molecular weight excluding hydrogens is 484 g/mol. The molecule has 0 radical (unpaired) electrons. The van der Waals surface area contributed by atoms with Gasteiger partial charge in [0, 0.05) is 19.9 Å². The first-order chi connectivity index (χ1) is 12.0. The Bertz CT molecular complexity index is 1140. The number of nitrogens with zero attached hydrogens (tertiary/aromatic N) is 3. The van der Waals surface area contributed by atoms with Crippen LogP contribution in [-0.4, -0.2) is 20.2 Å². The fraction of sp³-hybridized carbons (Fsp3) is 0.176. The van der Waals surface area contributed by atoms with E-state index in [9.17, 15) is 0 Å². The van der Waals surface area contributed by atoms with E-state index >= 15 is 0 Å². The molecule has 0 aliphatic heterocycles. The lowest BCUT2D eigenvalue weighted by Crippen LogP contribution is -2.21. The number of fused-ring (bicyclic) bond motifs is 5. The summed E-state index contributed by atoms with van der Waals surface area (Å²) in [6.45, 7) is 4.30. The highest BCUT2D eigenvalue weighted by Crippen LogP contribution is 2.41. The Morgan fingerprint density at radius 1 is 1.28 bits per heavy atom. The Hall–Kier alpha value is -1.09. The molecule has 0 fully saturated rings. The van der Waals surface area contributed by atoms with Gasteiger partial charge in [-0.05, 0) is 79.4 Å². The zero-order chi connectivity index (χ0) is 17.9. The number of benzene rings is 2. The molecular formula is C17H13Br2N4S2+. The molecule has 4 nitrogen and oxygen atoms in total. The molecule has 0 unspecified atom stereocenters. The van der Waals surface area contributed by atoms with Crippen LogP contribution in [0.3, 0.4) is 0 Å². The van der Waals surface area contributed by atoms with Crippen LogP contribution in [0.4, 0.5) is 0 Å². The summed E-state index contributed by atoms with van der Waals surface area (Å²) < 4.78 is 14.9. The van der Waals surface area contributed by atoms with Gasteiger partial charge in [-0.15, -0.1) is 0 Å². The van der Waals surface area contributed by atoms with Gasteiger partial charge in [0.2, 0.25) is 0 Å². The number of aromatic nitrogens is 2. The third-order valence-corrected chi connectivity index (χ3v) is 6.62. The van der Waals surface area contributed by atoms with Crippen LogP contribution in [0.25, 0.3) is 27.9 Å². The quantitative estimate of drug-likeness (QED) is 0.484. The Balaban J connectivity index is 2.36. The van der Waals surface area contributed by atoms with Gasteiger partial charge in [0.1, 0.15) is 16.7 Å². The normalized spacial score (nSPS) is 16.0. The van der Waals surface area contributed by atoms with Crippen LogP contribution in [0.5, 0.6) is 0 Å². The minimum atomic E-state index is 0.356. The van der Waals surface area contributed by atoms with Gasteiger partial charge in [-0.3, -0.25) is 5.41 Å². The molecule has 4 rings (SSSR count). The summed E-state index contributed by atoms with van der Waals surface area (Å²) >= 11 is 11.6. The molecule has 8 heteroatoms. The van der Waals surface area contributed by atoms with E-state index in [0.29, 0.717) is 11.4 Å². The number of aryl methyl sites for hydroxylation is 1. The van der Waals surface area contributed by atoms with Crippen LogP contribution in [0.2, 0.25) is 0 Å². The summed E-state index contributed by atoms with van der Waals surface area (Å²) in [5.74, 6) is 0. The summed E-state index contributed by atoms with van der Waals surface area (Å²) in [6, 6.07) is 2.11. The zero-order valence-electron chi connectivity index (χ0n) is 13.4. The maximum atomic E-state index is 8.43. The average Bonchev–Trinajstić information content (AvgIpc) is 3.08. The first-order valence-corrected chi connectivity index (χ1v) is 10.4. The van der Waals surface area contributed by atoms with Gasteiger partial charge in [-0.2, -0.15) is 8.75 Å². The van der Waals surface area contributed by atoms with Gasteiger partial charge in [-0.25, -0.2) is 0 Å². The summed E-state index contributed by atoms with van der Waals surface area (Å²) in [5.41, 5.74) is 7.20. The highest BCUT2D eigenvalue weighted by atomic mass is 79.9. The number of allylic oxidation sites excluding steroid dienone is 1. The fourth-order valence-electron chi connectivity index (χ4n) is 3.51. The largest absolute Gasteiger partial charge is 0.297 e. The van der Waals surface area contributed by atoms with Crippen LogP contribution in [0.1, 0.15) is 29.2 Å². The molecule has 1 aromatic heterocycles. The smallest absolute Gasteiger partial charge is 0.148 e. The van der Waals surface area contributed by atoms with Crippen molar-refractivity contribution in [3.05, 3.63) is 37.3 Å². The van der Waals surface area contributed by atoms with Crippen molar-refractivity contribution in [3.63, 3.8) is 0 Å². The topological polar surface area (TPSA) is 62.0 Å². The van der Waals surface area contributed by atoms with Crippen LogP contribution in [0.15, 0.2) is 19.4 Å². The average molecular weight is 497 g/mol. The Morgan fingerprint density at radius 2 is 2.00 bits per heavy atom. The van der Waals surface area contributed by atoms with E-state index in [1.54, 1.807) is 0 Å². The molecule has 0 bridgehead atoms. The van der Waals surface area contributed by atoms with Gasteiger partial charge < -0.3 is 0 Å². The van der Waals surface area contributed by atoms with E-state index in [1.165, 1.54) is 22.9 Å². The monoisotopic (exact) mass is 495 g/mol. The summed E-state index contributed by atoms with van der Waals surface area (Å²) in [5, 5.41) is 10.6. The maximum absolute atomic E-state index is 8.43. The first-order valence-electron chi connectivity index (χ1n) is 7.60. The predicted octanol–water partition coefficient (Wildman–Crippen LogP) is 4.96. The van der Waals surface area contributed by atoms with Crippen molar-refractivity contribution in [1.82, 2.24) is 8.75 Å². The molecule has 1 heterocycles. The predicted molar refractivity (Wildman–Crippen MR) is 118 cm³/mol. The van der Waals surface area contributed by atoms with Crippen molar-refractivity contribution < 1.29 is 0 Å². The molecule has 0 atom stereocenters. The highest BCUT2D eigenvalue weighted by Gasteiger charge is 2.29. The first kappa shape index (κ1) is 17.3. The number of halogens is 2. The van der Waals surface area contributed by atoms with Gasteiger partial charge in [-0.1, -0.05) is 11.3 Å². The lowest BCUT2D eigenvalue weighted by atomic mass is 9.82. The summed E-state index contributed by atoms with van der Waals surface area (Å²) in [4.78, 5) is 0. The fourth-order valence-corrected chi connectivity index (χ4v) is 5.34. The van der Waals surface area contributed by atoms with Crippen LogP contribution in [0, 0.1) is 12.3 Å². The lowest BCUT2D eigenvalue weighted by Gasteiger charge is -2.23. The van der Waals surface area contributed by atoms with Crippen molar-refractivity contribution in [2.75, 3.05) is 0 Å². The lowest BCUT2D eigenvalue weighted by molar-refractivity contribution is 1.11. The van der Waals surface area contributed by atoms with Crippen molar-refractivity contribution in [1.29, 1.82) is 5.41 Å². The number of hydrogen-bond donors (Lipinski definition) is 1. The van der Waals surface area contributed by atoms with Crippen molar-refractivity contribution in [3.8, 4) is 0 Å². The molecule has 0 amide bonds. The molecule has 2 aromatic carbocycles. The second-order valence-electron chi connectivity index (χ2n) is 5.82. The molecule has 0 spiro atoms. The Morgan fingerprint density at radius 3 is 2.68 bits per heavy atom. The van der Waals surface area contributed by atoms with E-state index in [-0.39, 0.29) is 0 Å². The molecule has 0 saturated heterocycles. The molecule has 0 saturated carbocycles. The summed E-state index contributed by atoms with van der Waals surface area (Å²) in [6.07, 6.45) is 2.92. The van der Waals surface area contributed by atoms with Crippen LogP contribution >= 0.6 is 43.6 Å². The highest BCUT2D eigenvalue weighted by molar-refractivity contribution is 9.12. The molecule has 1 aliphatic rings. The third kappa shape index (κ3) is 2.38. The standard InChI is InChI=1S/C17H12Br2N4S2/c1-3-7-6(2)8-4-11(19)15-17(23-25-22-15)12(8)13-9(7)5-10(18)14(20)16(13)21-24/h4-5,20,24H,3H2,1-2H3/p+1. The molecule has 1 N–H and O–H groups in total. The van der Waals surface area contributed by atoms with E-state index in [0.717, 1.165) is 48.3 Å². The van der Waals surface area contributed by atoms with Crippen molar-refractivity contribution in [2.24, 2.45) is 4.40 Å². The van der Waals surface area contributed by atoms with Crippen LogP contribution in [-0.2, 0) is 19.2 Å². The van der Waals surface area contributed by atoms with Gasteiger partial charge in [0.05, 0.1) is 30.3 Å². The third-order valence-electron chi connectivity index (χ3n) is 4.64. The van der Waals surface area contributed by atoms with E-state index in [1.807, 2.05) is 6.08 Å².